The van der Waals surface area contributed by atoms with Gasteiger partial charge in [0.15, 0.2) is 11.3 Å². The Hall–Kier alpha value is -1.48. The van der Waals surface area contributed by atoms with E-state index in [1.807, 2.05) is 13.1 Å². The average molecular weight is 245 g/mol. The highest BCUT2D eigenvalue weighted by atomic mass is 16.5. The summed E-state index contributed by atoms with van der Waals surface area (Å²) in [5.74, 6) is 2.59. The predicted octanol–water partition coefficient (Wildman–Crippen LogP) is 3.35. The van der Waals surface area contributed by atoms with Crippen LogP contribution in [0.15, 0.2) is 16.5 Å². The second-order valence-corrected chi connectivity index (χ2v) is 5.09. The van der Waals surface area contributed by atoms with Gasteiger partial charge in [0.05, 0.1) is 13.7 Å². The van der Waals surface area contributed by atoms with Gasteiger partial charge in [-0.25, -0.2) is 0 Å². The summed E-state index contributed by atoms with van der Waals surface area (Å²) < 4.78 is 11.5. The molecule has 0 saturated heterocycles. The third-order valence-electron chi connectivity index (χ3n) is 3.56. The molecule has 0 atom stereocenters. The van der Waals surface area contributed by atoms with Crippen LogP contribution in [-0.4, -0.2) is 14.2 Å². The van der Waals surface area contributed by atoms with Gasteiger partial charge in [-0.2, -0.15) is 0 Å². The van der Waals surface area contributed by atoms with E-state index in [-0.39, 0.29) is 0 Å². The Morgan fingerprint density at radius 2 is 2.17 bits per heavy atom. The lowest BCUT2D eigenvalue weighted by atomic mass is 10.0. The van der Waals surface area contributed by atoms with Gasteiger partial charge in [-0.15, -0.1) is 0 Å². The van der Waals surface area contributed by atoms with E-state index < -0.39 is 0 Å². The first-order valence-corrected chi connectivity index (χ1v) is 6.49. The summed E-state index contributed by atoms with van der Waals surface area (Å²) in [4.78, 5) is 0. The maximum absolute atomic E-state index is 6.03. The van der Waals surface area contributed by atoms with Gasteiger partial charge in [-0.3, -0.25) is 0 Å². The van der Waals surface area contributed by atoms with E-state index in [1.165, 1.54) is 29.4 Å². The lowest BCUT2D eigenvalue weighted by molar-refractivity contribution is 0.406. The molecule has 96 valence electrons. The van der Waals surface area contributed by atoms with Gasteiger partial charge in [0.25, 0.3) is 0 Å². The molecule has 1 heterocycles. The Labute approximate surface area is 107 Å². The molecule has 1 aromatic heterocycles. The number of aryl methyl sites for hydroxylation is 1. The first kappa shape index (κ1) is 11.6. The van der Waals surface area contributed by atoms with Crippen molar-refractivity contribution in [1.82, 2.24) is 5.32 Å². The fourth-order valence-corrected chi connectivity index (χ4v) is 2.64. The minimum Gasteiger partial charge on any atom is -0.493 e. The average Bonchev–Trinajstić information content (AvgIpc) is 3.11. The largest absolute Gasteiger partial charge is 0.493 e. The van der Waals surface area contributed by atoms with Crippen molar-refractivity contribution in [3.05, 3.63) is 29.0 Å². The number of furan rings is 1. The molecular weight excluding hydrogens is 226 g/mol. The molecule has 2 aromatic rings. The lowest BCUT2D eigenvalue weighted by Gasteiger charge is -2.02. The van der Waals surface area contributed by atoms with Crippen LogP contribution in [0.2, 0.25) is 0 Å². The summed E-state index contributed by atoms with van der Waals surface area (Å²) in [5, 5.41) is 4.42. The zero-order valence-corrected chi connectivity index (χ0v) is 11.2. The van der Waals surface area contributed by atoms with E-state index in [4.69, 9.17) is 9.15 Å². The zero-order valence-electron chi connectivity index (χ0n) is 11.2. The molecule has 0 radical (unpaired) electrons. The molecule has 1 aliphatic carbocycles. The second-order valence-electron chi connectivity index (χ2n) is 5.09. The quantitative estimate of drug-likeness (QED) is 0.897. The summed E-state index contributed by atoms with van der Waals surface area (Å²) in [6.45, 7) is 2.88. The second kappa shape index (κ2) is 4.32. The van der Waals surface area contributed by atoms with Crippen LogP contribution in [0, 0.1) is 6.92 Å². The summed E-state index contributed by atoms with van der Waals surface area (Å²) in [5.41, 5.74) is 3.51. The number of hydrogen-bond acceptors (Lipinski definition) is 3. The Morgan fingerprint density at radius 3 is 2.78 bits per heavy atom. The minimum absolute atomic E-state index is 0.682. The smallest absolute Gasteiger partial charge is 0.176 e. The van der Waals surface area contributed by atoms with Crippen LogP contribution < -0.4 is 10.1 Å². The first-order chi connectivity index (χ1) is 8.74. The van der Waals surface area contributed by atoms with E-state index in [0.29, 0.717) is 5.92 Å². The van der Waals surface area contributed by atoms with Crippen molar-refractivity contribution < 1.29 is 9.15 Å². The fraction of sp³-hybridized carbons (Fsp3) is 0.467. The third-order valence-corrected chi connectivity index (χ3v) is 3.56. The van der Waals surface area contributed by atoms with Gasteiger partial charge in [0, 0.05) is 10.9 Å². The molecule has 1 aliphatic rings. The van der Waals surface area contributed by atoms with Crippen molar-refractivity contribution in [2.24, 2.45) is 0 Å². The zero-order chi connectivity index (χ0) is 12.7. The number of ether oxygens (including phenoxy) is 1. The molecule has 0 amide bonds. The Kier molecular flexibility index (Phi) is 2.78. The highest BCUT2D eigenvalue weighted by Crippen LogP contribution is 2.47. The van der Waals surface area contributed by atoms with Crippen molar-refractivity contribution >= 4 is 11.0 Å². The lowest BCUT2D eigenvalue weighted by Crippen LogP contribution is -2.05. The highest BCUT2D eigenvalue weighted by molar-refractivity contribution is 5.89. The molecule has 1 saturated carbocycles. The van der Waals surface area contributed by atoms with Crippen LogP contribution in [0.3, 0.4) is 0 Å². The van der Waals surface area contributed by atoms with Crippen molar-refractivity contribution in [3.63, 3.8) is 0 Å². The molecule has 3 nitrogen and oxygen atoms in total. The van der Waals surface area contributed by atoms with Gasteiger partial charge in [-0.1, -0.05) is 0 Å². The molecule has 0 unspecified atom stereocenters. The van der Waals surface area contributed by atoms with Crippen LogP contribution in [-0.2, 0) is 6.54 Å². The number of nitrogens with one attached hydrogen (secondary N) is 1. The molecule has 3 rings (SSSR count). The normalized spacial score (nSPS) is 15.3. The molecule has 3 heteroatoms. The molecule has 18 heavy (non-hydrogen) atoms. The molecule has 0 spiro atoms. The standard InChI is InChI=1S/C15H19NO2/c1-9-6-11-14(10-4-5-10)13(8-16-2)18-15(11)12(7-9)17-3/h6-7,10,16H,4-5,8H2,1-3H3. The van der Waals surface area contributed by atoms with Crippen molar-refractivity contribution in [2.45, 2.75) is 32.2 Å². The Morgan fingerprint density at radius 1 is 1.39 bits per heavy atom. The van der Waals surface area contributed by atoms with Crippen molar-refractivity contribution in [2.75, 3.05) is 14.2 Å². The molecule has 1 fully saturated rings. The SMILES string of the molecule is CNCc1oc2c(OC)cc(C)cc2c1C1CC1. The summed E-state index contributed by atoms with van der Waals surface area (Å²) in [7, 11) is 3.65. The number of fused-ring (bicyclic) bond motifs is 1. The number of hydrogen-bond donors (Lipinski definition) is 1. The molecule has 1 aromatic carbocycles. The summed E-state index contributed by atoms with van der Waals surface area (Å²) >= 11 is 0. The predicted molar refractivity (Wildman–Crippen MR) is 72.2 cm³/mol. The summed E-state index contributed by atoms with van der Waals surface area (Å²) in [6, 6.07) is 4.25. The summed E-state index contributed by atoms with van der Waals surface area (Å²) in [6.07, 6.45) is 2.56. The molecule has 0 aliphatic heterocycles. The number of methoxy groups -OCH3 is 1. The van der Waals surface area contributed by atoms with Crippen LogP contribution in [0.1, 0.15) is 35.6 Å². The third kappa shape index (κ3) is 1.79. The van der Waals surface area contributed by atoms with Crippen LogP contribution in [0.5, 0.6) is 5.75 Å². The molecule has 1 N–H and O–H groups in total. The van der Waals surface area contributed by atoms with Gasteiger partial charge >= 0.3 is 0 Å². The number of benzene rings is 1. The highest BCUT2D eigenvalue weighted by Gasteiger charge is 2.31. The van der Waals surface area contributed by atoms with E-state index >= 15 is 0 Å². The van der Waals surface area contributed by atoms with Crippen LogP contribution >= 0.6 is 0 Å². The Bertz CT molecular complexity index is 582. The molecular formula is C15H19NO2. The first-order valence-electron chi connectivity index (χ1n) is 6.49. The maximum Gasteiger partial charge on any atom is 0.176 e. The number of rotatable bonds is 4. The maximum atomic E-state index is 6.03. The van der Waals surface area contributed by atoms with Gasteiger partial charge in [-0.05, 0) is 50.4 Å². The van der Waals surface area contributed by atoms with Gasteiger partial charge in [0.1, 0.15) is 5.76 Å². The van der Waals surface area contributed by atoms with E-state index in [9.17, 15) is 0 Å². The van der Waals surface area contributed by atoms with Crippen molar-refractivity contribution in [1.29, 1.82) is 0 Å². The van der Waals surface area contributed by atoms with E-state index in [0.717, 1.165) is 23.6 Å². The molecule has 0 bridgehead atoms. The van der Waals surface area contributed by atoms with Crippen LogP contribution in [0.25, 0.3) is 11.0 Å². The topological polar surface area (TPSA) is 34.4 Å². The van der Waals surface area contributed by atoms with Gasteiger partial charge in [0.2, 0.25) is 0 Å². The van der Waals surface area contributed by atoms with Gasteiger partial charge < -0.3 is 14.5 Å². The van der Waals surface area contributed by atoms with Crippen LogP contribution in [0.4, 0.5) is 0 Å². The fourth-order valence-electron chi connectivity index (χ4n) is 2.64. The monoisotopic (exact) mass is 245 g/mol. The van der Waals surface area contributed by atoms with E-state index in [1.54, 1.807) is 7.11 Å². The van der Waals surface area contributed by atoms with Crippen molar-refractivity contribution in [3.8, 4) is 5.75 Å². The minimum atomic E-state index is 0.682. The Balaban J connectivity index is 2.26. The van der Waals surface area contributed by atoms with E-state index in [2.05, 4.69) is 18.3 Å².